The Kier molecular flexibility index (Phi) is 4.31. The zero-order chi connectivity index (χ0) is 12.3. The second-order valence-corrected chi connectivity index (χ2v) is 4.67. The Morgan fingerprint density at radius 2 is 1.94 bits per heavy atom. The van der Waals surface area contributed by atoms with E-state index in [0.717, 1.165) is 5.56 Å². The zero-order valence-electron chi connectivity index (χ0n) is 9.04. The lowest BCUT2D eigenvalue weighted by atomic mass is 10.1. The van der Waals surface area contributed by atoms with E-state index >= 15 is 0 Å². The molecule has 5 nitrogen and oxygen atoms in total. The van der Waals surface area contributed by atoms with Gasteiger partial charge in [-0.3, -0.25) is 0 Å². The number of halogens is 2. The average molecular weight is 275 g/mol. The van der Waals surface area contributed by atoms with Crippen LogP contribution in [0.2, 0.25) is 0 Å². The van der Waals surface area contributed by atoms with Gasteiger partial charge < -0.3 is 0 Å². The van der Waals surface area contributed by atoms with E-state index in [0.29, 0.717) is 19.9 Å². The van der Waals surface area contributed by atoms with Gasteiger partial charge in [-0.05, 0) is 29.1 Å². The van der Waals surface area contributed by atoms with E-state index in [2.05, 4.69) is 5.18 Å². The molecule has 0 radical (unpaired) electrons. The first-order valence-electron chi connectivity index (χ1n) is 5.17. The van der Waals surface area contributed by atoms with Crippen LogP contribution in [0.4, 0.5) is 0 Å². The van der Waals surface area contributed by atoms with Crippen molar-refractivity contribution in [3.8, 4) is 0 Å². The van der Waals surface area contributed by atoms with Crippen molar-refractivity contribution in [3.63, 3.8) is 0 Å². The molecule has 7 heteroatoms. The SMILES string of the molecule is O=NC(CN1CN(Cl)CN1Cl)c1ccccc1. The quantitative estimate of drug-likeness (QED) is 0.625. The van der Waals surface area contributed by atoms with Crippen LogP contribution in [-0.2, 0) is 0 Å². The molecule has 0 aromatic heterocycles. The van der Waals surface area contributed by atoms with Crippen LogP contribution >= 0.6 is 23.6 Å². The molecular weight excluding hydrogens is 263 g/mol. The summed E-state index contributed by atoms with van der Waals surface area (Å²) in [7, 11) is 0. The summed E-state index contributed by atoms with van der Waals surface area (Å²) in [5, 5.41) is 4.91. The number of benzene rings is 1. The van der Waals surface area contributed by atoms with Gasteiger partial charge in [0.1, 0.15) is 6.04 Å². The van der Waals surface area contributed by atoms with Crippen molar-refractivity contribution < 1.29 is 0 Å². The molecule has 1 saturated heterocycles. The van der Waals surface area contributed by atoms with Crippen LogP contribution in [0, 0.1) is 4.91 Å². The summed E-state index contributed by atoms with van der Waals surface area (Å²) in [5.41, 5.74) is 0.876. The maximum atomic E-state index is 10.9. The second-order valence-electron chi connectivity index (χ2n) is 3.80. The summed E-state index contributed by atoms with van der Waals surface area (Å²) < 4.78 is 2.98. The van der Waals surface area contributed by atoms with Crippen molar-refractivity contribution >= 4 is 23.6 Å². The van der Waals surface area contributed by atoms with Crippen LogP contribution in [0.25, 0.3) is 0 Å². The maximum Gasteiger partial charge on any atom is 0.131 e. The summed E-state index contributed by atoms with van der Waals surface area (Å²) >= 11 is 11.8. The molecule has 1 aromatic carbocycles. The molecule has 1 heterocycles. The van der Waals surface area contributed by atoms with Crippen molar-refractivity contribution in [3.05, 3.63) is 40.8 Å². The van der Waals surface area contributed by atoms with Crippen LogP contribution in [-0.4, -0.2) is 33.8 Å². The van der Waals surface area contributed by atoms with Gasteiger partial charge in [-0.15, -0.1) is 4.53 Å². The van der Waals surface area contributed by atoms with Gasteiger partial charge >= 0.3 is 0 Å². The van der Waals surface area contributed by atoms with Crippen molar-refractivity contribution in [2.75, 3.05) is 19.9 Å². The molecular formula is C10H12Cl2N4O. The molecule has 17 heavy (non-hydrogen) atoms. The number of hydrogen-bond donors (Lipinski definition) is 0. The molecule has 1 aromatic rings. The Morgan fingerprint density at radius 1 is 1.24 bits per heavy atom. The van der Waals surface area contributed by atoms with Crippen molar-refractivity contribution in [1.82, 2.24) is 14.0 Å². The summed E-state index contributed by atoms with van der Waals surface area (Å²) in [5.74, 6) is 0. The Morgan fingerprint density at radius 3 is 2.47 bits per heavy atom. The van der Waals surface area contributed by atoms with E-state index in [1.54, 1.807) is 5.01 Å². The first-order valence-corrected chi connectivity index (χ1v) is 5.84. The maximum absolute atomic E-state index is 10.9. The minimum atomic E-state index is -0.444. The van der Waals surface area contributed by atoms with Crippen LogP contribution in [0.5, 0.6) is 0 Å². The van der Waals surface area contributed by atoms with Crippen molar-refractivity contribution in [2.24, 2.45) is 5.18 Å². The summed E-state index contributed by atoms with van der Waals surface area (Å²) in [4.78, 5) is 10.9. The molecule has 0 aliphatic carbocycles. The molecule has 2 rings (SSSR count). The third-order valence-corrected chi connectivity index (χ3v) is 3.12. The van der Waals surface area contributed by atoms with Gasteiger partial charge in [-0.25, -0.2) is 5.01 Å². The summed E-state index contributed by atoms with van der Waals surface area (Å²) in [6, 6.07) is 8.96. The topological polar surface area (TPSA) is 39.2 Å². The fourth-order valence-electron chi connectivity index (χ4n) is 1.73. The van der Waals surface area contributed by atoms with Gasteiger partial charge in [0.2, 0.25) is 0 Å². The molecule has 92 valence electrons. The monoisotopic (exact) mass is 274 g/mol. The van der Waals surface area contributed by atoms with Crippen molar-refractivity contribution in [1.29, 1.82) is 0 Å². The molecule has 1 fully saturated rings. The Balaban J connectivity index is 2.03. The van der Waals surface area contributed by atoms with Crippen LogP contribution in [0.3, 0.4) is 0 Å². The van der Waals surface area contributed by atoms with Gasteiger partial charge in [0.15, 0.2) is 0 Å². The van der Waals surface area contributed by atoms with Gasteiger partial charge in [0.25, 0.3) is 0 Å². The highest BCUT2D eigenvalue weighted by Crippen LogP contribution is 2.23. The number of hydrazine groups is 1. The van der Waals surface area contributed by atoms with Crippen LogP contribution in [0.1, 0.15) is 11.6 Å². The fourth-order valence-corrected chi connectivity index (χ4v) is 2.25. The Bertz CT molecular complexity index is 378. The number of hydrogen-bond acceptors (Lipinski definition) is 5. The highest BCUT2D eigenvalue weighted by Gasteiger charge is 2.28. The van der Waals surface area contributed by atoms with E-state index in [-0.39, 0.29) is 0 Å². The van der Waals surface area contributed by atoms with Gasteiger partial charge in [0, 0.05) is 6.54 Å². The van der Waals surface area contributed by atoms with Crippen LogP contribution in [0.15, 0.2) is 35.5 Å². The predicted octanol–water partition coefficient (Wildman–Crippen LogP) is 2.55. The van der Waals surface area contributed by atoms with E-state index in [1.165, 1.54) is 8.95 Å². The summed E-state index contributed by atoms with van der Waals surface area (Å²) in [6.07, 6.45) is 0. The largest absolute Gasteiger partial charge is 0.208 e. The number of nitroso groups, excluding NO2 is 1. The first kappa shape index (κ1) is 12.7. The molecule has 0 saturated carbocycles. The first-order chi connectivity index (χ1) is 8.20. The molecule has 1 aliphatic rings. The third-order valence-electron chi connectivity index (χ3n) is 2.59. The van der Waals surface area contributed by atoms with E-state index < -0.39 is 6.04 Å². The number of rotatable bonds is 4. The number of nitrogens with zero attached hydrogens (tertiary/aromatic N) is 4. The van der Waals surface area contributed by atoms with Crippen LogP contribution < -0.4 is 0 Å². The predicted molar refractivity (Wildman–Crippen MR) is 66.8 cm³/mol. The molecule has 1 unspecified atom stereocenters. The van der Waals surface area contributed by atoms with Gasteiger partial charge in [-0.1, -0.05) is 35.5 Å². The minimum Gasteiger partial charge on any atom is -0.208 e. The lowest BCUT2D eigenvalue weighted by Gasteiger charge is -2.22. The standard InChI is InChI=1S/C10H12Cl2N4O/c11-14-7-15(16(12)8-14)6-10(13-17)9-4-2-1-3-5-9/h1-5,10H,6-8H2. The van der Waals surface area contributed by atoms with Crippen molar-refractivity contribution in [2.45, 2.75) is 6.04 Å². The van der Waals surface area contributed by atoms with E-state index in [4.69, 9.17) is 23.6 Å². The lowest BCUT2D eigenvalue weighted by molar-refractivity contribution is 0.114. The van der Waals surface area contributed by atoms with Gasteiger partial charge in [0.05, 0.1) is 13.3 Å². The Labute approximate surface area is 110 Å². The molecule has 0 N–H and O–H groups in total. The van der Waals surface area contributed by atoms with E-state index in [1.807, 2.05) is 30.3 Å². The minimum absolute atomic E-state index is 0.417. The Hall–Kier alpha value is -0.720. The van der Waals surface area contributed by atoms with Gasteiger partial charge in [-0.2, -0.15) is 9.33 Å². The highest BCUT2D eigenvalue weighted by atomic mass is 35.5. The fraction of sp³-hybridized carbons (Fsp3) is 0.400. The molecule has 0 spiro atoms. The molecule has 1 aliphatic heterocycles. The molecule has 0 bridgehead atoms. The lowest BCUT2D eigenvalue weighted by Crippen LogP contribution is -2.32. The zero-order valence-corrected chi connectivity index (χ0v) is 10.6. The average Bonchev–Trinajstić information content (AvgIpc) is 2.66. The van der Waals surface area contributed by atoms with E-state index in [9.17, 15) is 4.91 Å². The second kappa shape index (κ2) is 5.75. The summed E-state index contributed by atoms with van der Waals surface area (Å²) in [6.45, 7) is 1.31. The normalized spacial score (nSPS) is 20.6. The highest BCUT2D eigenvalue weighted by molar-refractivity contribution is 6.15. The molecule has 0 amide bonds. The molecule has 1 atom stereocenters. The third kappa shape index (κ3) is 3.14. The smallest absolute Gasteiger partial charge is 0.131 e.